The summed E-state index contributed by atoms with van der Waals surface area (Å²) in [4.78, 5) is 32.8. The van der Waals surface area contributed by atoms with Crippen molar-refractivity contribution >= 4 is 23.3 Å². The quantitative estimate of drug-likeness (QED) is 0.456. The molecule has 1 aromatic rings. The molecule has 0 aliphatic carbocycles. The number of benzene rings is 1. The van der Waals surface area contributed by atoms with Gasteiger partial charge >= 0.3 is 5.97 Å². The molecule has 8 nitrogen and oxygen atoms in total. The molecule has 0 aromatic heterocycles. The number of carbonyl (C=O) groups is 2. The molecule has 0 atom stereocenters. The van der Waals surface area contributed by atoms with E-state index in [4.69, 9.17) is 0 Å². The lowest BCUT2D eigenvalue weighted by Crippen LogP contribution is -2.21. The molecule has 0 bridgehead atoms. The average Bonchev–Trinajstić information content (AvgIpc) is 2.45. The molecule has 1 amide bonds. The van der Waals surface area contributed by atoms with E-state index in [2.05, 4.69) is 15.4 Å². The number of nitro benzene ring substituents is 1. The van der Waals surface area contributed by atoms with Crippen LogP contribution in [0.1, 0.15) is 16.8 Å². The van der Waals surface area contributed by atoms with Crippen LogP contribution in [0.15, 0.2) is 18.2 Å². The zero-order valence-corrected chi connectivity index (χ0v) is 11.1. The minimum atomic E-state index is -0.589. The zero-order valence-electron chi connectivity index (χ0n) is 11.1. The van der Waals surface area contributed by atoms with E-state index in [0.29, 0.717) is 0 Å². The molecule has 0 saturated heterocycles. The fourth-order valence-electron chi connectivity index (χ4n) is 1.52. The highest BCUT2D eigenvalue weighted by Gasteiger charge is 2.17. The number of hydrogen-bond donors (Lipinski definition) is 2. The van der Waals surface area contributed by atoms with Crippen LogP contribution in [-0.2, 0) is 9.53 Å². The Hall–Kier alpha value is -2.64. The lowest BCUT2D eigenvalue weighted by Gasteiger charge is -2.08. The van der Waals surface area contributed by atoms with Crippen LogP contribution < -0.4 is 10.6 Å². The summed E-state index contributed by atoms with van der Waals surface area (Å²) in [6, 6.07) is 3.86. The topological polar surface area (TPSA) is 111 Å². The van der Waals surface area contributed by atoms with Gasteiger partial charge in [0.05, 0.1) is 17.6 Å². The minimum Gasteiger partial charge on any atom is -0.465 e. The van der Waals surface area contributed by atoms with E-state index in [9.17, 15) is 19.7 Å². The highest BCUT2D eigenvalue weighted by Crippen LogP contribution is 2.25. The van der Waals surface area contributed by atoms with Crippen molar-refractivity contribution in [2.24, 2.45) is 0 Å². The Balaban J connectivity index is 2.91. The molecule has 0 aliphatic heterocycles. The second kappa shape index (κ2) is 7.07. The van der Waals surface area contributed by atoms with Crippen LogP contribution in [0.3, 0.4) is 0 Å². The Morgan fingerprint density at radius 1 is 1.40 bits per heavy atom. The van der Waals surface area contributed by atoms with Gasteiger partial charge in [0.25, 0.3) is 5.69 Å². The van der Waals surface area contributed by atoms with Crippen LogP contribution in [0.25, 0.3) is 0 Å². The summed E-state index contributed by atoms with van der Waals surface area (Å²) in [6.07, 6.45) is 0.163. The zero-order chi connectivity index (χ0) is 15.1. The molecule has 0 heterocycles. The number of esters is 1. The van der Waals surface area contributed by atoms with Gasteiger partial charge in [-0.05, 0) is 12.1 Å². The molecule has 1 aromatic carbocycles. The molecule has 0 radical (unpaired) electrons. The van der Waals surface area contributed by atoms with Gasteiger partial charge in [-0.2, -0.15) is 0 Å². The number of nitrogens with one attached hydrogen (secondary N) is 2. The number of nitrogens with zero attached hydrogens (tertiary/aromatic N) is 1. The Labute approximate surface area is 115 Å². The van der Waals surface area contributed by atoms with Gasteiger partial charge in [-0.25, -0.2) is 4.79 Å². The summed E-state index contributed by atoms with van der Waals surface area (Å²) in [6.45, 7) is 0.213. The molecule has 0 unspecified atom stereocenters. The third-order valence-corrected chi connectivity index (χ3v) is 2.56. The van der Waals surface area contributed by atoms with Crippen LogP contribution in [0.5, 0.6) is 0 Å². The van der Waals surface area contributed by atoms with E-state index in [-0.39, 0.29) is 35.8 Å². The SMILES string of the molecule is CNC(=O)CCNc1cc(C(=O)OC)ccc1[N+](=O)[O-]. The Bertz CT molecular complexity index is 530. The summed E-state index contributed by atoms with van der Waals surface area (Å²) in [5.74, 6) is -0.779. The molecule has 8 heteroatoms. The largest absolute Gasteiger partial charge is 0.465 e. The second-order valence-corrected chi connectivity index (χ2v) is 3.83. The van der Waals surface area contributed by atoms with Crippen molar-refractivity contribution in [3.05, 3.63) is 33.9 Å². The van der Waals surface area contributed by atoms with Gasteiger partial charge in [0.2, 0.25) is 5.91 Å². The van der Waals surface area contributed by atoms with Crippen molar-refractivity contribution < 1.29 is 19.2 Å². The number of amides is 1. The molecule has 0 aliphatic rings. The number of ether oxygens (including phenoxy) is 1. The Morgan fingerprint density at radius 2 is 2.10 bits per heavy atom. The monoisotopic (exact) mass is 281 g/mol. The van der Waals surface area contributed by atoms with Crippen LogP contribution >= 0.6 is 0 Å². The fourth-order valence-corrected chi connectivity index (χ4v) is 1.52. The highest BCUT2D eigenvalue weighted by molar-refractivity contribution is 5.91. The van der Waals surface area contributed by atoms with E-state index >= 15 is 0 Å². The molecular weight excluding hydrogens is 266 g/mol. The standard InChI is InChI=1S/C12H15N3O5/c1-13-11(16)5-6-14-9-7-8(12(17)20-2)3-4-10(9)15(18)19/h3-4,7,14H,5-6H2,1-2H3,(H,13,16). The van der Waals surface area contributed by atoms with Gasteiger partial charge in [0.1, 0.15) is 5.69 Å². The second-order valence-electron chi connectivity index (χ2n) is 3.83. The van der Waals surface area contributed by atoms with E-state index in [1.807, 2.05) is 0 Å². The Kier molecular flexibility index (Phi) is 5.45. The normalized spacial score (nSPS) is 9.70. The summed E-state index contributed by atoms with van der Waals surface area (Å²) < 4.78 is 4.55. The summed E-state index contributed by atoms with van der Waals surface area (Å²) in [5.41, 5.74) is 0.192. The molecule has 1 rings (SSSR count). The van der Waals surface area contributed by atoms with E-state index in [1.54, 1.807) is 0 Å². The fraction of sp³-hybridized carbons (Fsp3) is 0.333. The summed E-state index contributed by atoms with van der Waals surface area (Å²) >= 11 is 0. The van der Waals surface area contributed by atoms with Crippen LogP contribution in [0.2, 0.25) is 0 Å². The third kappa shape index (κ3) is 3.94. The highest BCUT2D eigenvalue weighted by atomic mass is 16.6. The number of rotatable bonds is 6. The maximum atomic E-state index is 11.4. The van der Waals surface area contributed by atoms with Crippen LogP contribution in [0.4, 0.5) is 11.4 Å². The maximum absolute atomic E-state index is 11.4. The lowest BCUT2D eigenvalue weighted by molar-refractivity contribution is -0.384. The van der Waals surface area contributed by atoms with Crippen LogP contribution in [0, 0.1) is 10.1 Å². The van der Waals surface area contributed by atoms with Crippen molar-refractivity contribution in [1.82, 2.24) is 5.32 Å². The molecular formula is C12H15N3O5. The summed E-state index contributed by atoms with van der Waals surface area (Å²) in [5, 5.41) is 16.1. The smallest absolute Gasteiger partial charge is 0.337 e. The predicted molar refractivity (Wildman–Crippen MR) is 71.6 cm³/mol. The first-order valence-corrected chi connectivity index (χ1v) is 5.80. The van der Waals surface area contributed by atoms with E-state index in [1.165, 1.54) is 32.4 Å². The van der Waals surface area contributed by atoms with Gasteiger partial charge in [0.15, 0.2) is 0 Å². The number of carbonyl (C=O) groups excluding carboxylic acids is 2. The number of methoxy groups -OCH3 is 1. The number of hydrogen-bond acceptors (Lipinski definition) is 6. The first-order valence-electron chi connectivity index (χ1n) is 5.80. The van der Waals surface area contributed by atoms with E-state index in [0.717, 1.165) is 0 Å². The van der Waals surface area contributed by atoms with E-state index < -0.39 is 10.9 Å². The van der Waals surface area contributed by atoms with Crippen molar-refractivity contribution in [2.75, 3.05) is 26.0 Å². The molecule has 0 saturated carbocycles. The molecule has 20 heavy (non-hydrogen) atoms. The molecule has 0 fully saturated rings. The lowest BCUT2D eigenvalue weighted by atomic mass is 10.1. The van der Waals surface area contributed by atoms with Crippen LogP contribution in [-0.4, -0.2) is 37.5 Å². The average molecular weight is 281 g/mol. The molecule has 0 spiro atoms. The minimum absolute atomic E-state index is 0.163. The van der Waals surface area contributed by atoms with Crippen molar-refractivity contribution in [3.63, 3.8) is 0 Å². The maximum Gasteiger partial charge on any atom is 0.337 e. The summed E-state index contributed by atoms with van der Waals surface area (Å²) in [7, 11) is 2.73. The van der Waals surface area contributed by atoms with Gasteiger partial charge < -0.3 is 15.4 Å². The molecule has 2 N–H and O–H groups in total. The van der Waals surface area contributed by atoms with Crippen molar-refractivity contribution in [3.8, 4) is 0 Å². The van der Waals surface area contributed by atoms with Crippen molar-refractivity contribution in [2.45, 2.75) is 6.42 Å². The van der Waals surface area contributed by atoms with Gasteiger partial charge in [-0.1, -0.05) is 0 Å². The first kappa shape index (κ1) is 15.4. The first-order chi connectivity index (χ1) is 9.49. The third-order valence-electron chi connectivity index (χ3n) is 2.56. The number of anilines is 1. The van der Waals surface area contributed by atoms with Crippen molar-refractivity contribution in [1.29, 1.82) is 0 Å². The molecule has 108 valence electrons. The van der Waals surface area contributed by atoms with Gasteiger partial charge in [-0.3, -0.25) is 14.9 Å². The predicted octanol–water partition coefficient (Wildman–Crippen LogP) is 0.929. The number of nitro groups is 1. The Morgan fingerprint density at radius 3 is 2.65 bits per heavy atom. The van der Waals surface area contributed by atoms with Gasteiger partial charge in [0, 0.05) is 26.1 Å². The van der Waals surface area contributed by atoms with Gasteiger partial charge in [-0.15, -0.1) is 0 Å².